The fraction of sp³-hybridized carbons (Fsp3) is 0.0667. The number of hydrogen-bond acceptors (Lipinski definition) is 3. The maximum Gasteiger partial charge on any atom is 0.133 e. The van der Waals surface area contributed by atoms with Crippen LogP contribution in [0.3, 0.4) is 0 Å². The Bertz CT molecular complexity index is 1340. The van der Waals surface area contributed by atoms with Gasteiger partial charge in [-0.05, 0) is 47.5 Å². The largest absolute Gasteiger partial charge is 0.398 e. The second-order valence-corrected chi connectivity index (χ2v) is 9.57. The van der Waals surface area contributed by atoms with Crippen molar-refractivity contribution in [2.75, 3.05) is 11.5 Å². The average Bonchev–Trinajstić information content (AvgIpc) is 2.86. The maximum absolute atomic E-state index is 14.3. The van der Waals surface area contributed by atoms with E-state index < -0.39 is 23.3 Å². The van der Waals surface area contributed by atoms with Gasteiger partial charge in [0.05, 0.1) is 10.5 Å². The number of rotatable bonds is 8. The summed E-state index contributed by atoms with van der Waals surface area (Å²) < 4.78 is 55.4. The zero-order chi connectivity index (χ0) is 26.4. The molecule has 4 aromatic carbocycles. The smallest absolute Gasteiger partial charge is 0.133 e. The molecule has 0 aliphatic heterocycles. The van der Waals surface area contributed by atoms with Crippen LogP contribution in [0.25, 0.3) is 12.2 Å². The van der Waals surface area contributed by atoms with Gasteiger partial charge < -0.3 is 11.5 Å². The molecule has 188 valence electrons. The number of anilines is 2. The first-order valence-electron chi connectivity index (χ1n) is 11.4. The van der Waals surface area contributed by atoms with Crippen molar-refractivity contribution in [2.24, 2.45) is 0 Å². The summed E-state index contributed by atoms with van der Waals surface area (Å²) >= 11 is 1.45. The van der Waals surface area contributed by atoms with Gasteiger partial charge >= 0.3 is 0 Å². The minimum absolute atomic E-state index is 0.223. The van der Waals surface area contributed by atoms with Crippen molar-refractivity contribution in [2.45, 2.75) is 10.5 Å². The first-order chi connectivity index (χ1) is 17.8. The molecule has 0 saturated heterocycles. The molecule has 0 heterocycles. The highest BCUT2D eigenvalue weighted by atomic mass is 32.2. The number of hydrogen-bond donors (Lipinski definition) is 2. The molecular weight excluding hydrogens is 496 g/mol. The van der Waals surface area contributed by atoms with Crippen LogP contribution in [0.2, 0.25) is 0 Å². The lowest BCUT2D eigenvalue weighted by Crippen LogP contribution is -2.03. The van der Waals surface area contributed by atoms with Crippen molar-refractivity contribution >= 4 is 35.3 Å². The van der Waals surface area contributed by atoms with Crippen LogP contribution in [0.4, 0.5) is 28.9 Å². The lowest BCUT2D eigenvalue weighted by Gasteiger charge is -2.22. The molecule has 0 aliphatic carbocycles. The number of nitrogen functional groups attached to an aromatic ring is 2. The Hall–Kier alpha value is -3.97. The van der Waals surface area contributed by atoms with E-state index in [0.29, 0.717) is 11.4 Å². The number of para-hydroxylation sites is 2. The Morgan fingerprint density at radius 1 is 0.568 bits per heavy atom. The van der Waals surface area contributed by atoms with Crippen molar-refractivity contribution in [3.8, 4) is 0 Å². The molecule has 0 fully saturated rings. The summed E-state index contributed by atoms with van der Waals surface area (Å²) in [4.78, 5) is 0. The third-order valence-corrected chi connectivity index (χ3v) is 7.13. The minimum atomic E-state index is -0.684. The normalized spacial score (nSPS) is 13.3. The molecule has 0 radical (unpaired) electrons. The standard InChI is InChI=1S/C30H24F4N2S/c31-21-13-9-19(25(33)17-21)11-15-29(23-5-1-3-7-27(23)35)37-30(24-6-2-4-8-28(24)36)16-12-20-10-14-22(32)18-26(20)34/h1-18,29-30H,35-36H2/b15-11-,16-12?. The zero-order valence-electron chi connectivity index (χ0n) is 19.6. The summed E-state index contributed by atoms with van der Waals surface area (Å²) in [5.74, 6) is -2.69. The third kappa shape index (κ3) is 6.62. The highest BCUT2D eigenvalue weighted by Gasteiger charge is 2.20. The van der Waals surface area contributed by atoms with Crippen LogP contribution in [-0.2, 0) is 0 Å². The van der Waals surface area contributed by atoms with E-state index in [0.717, 1.165) is 23.3 Å². The van der Waals surface area contributed by atoms with E-state index in [1.54, 1.807) is 36.4 Å². The number of nitrogens with two attached hydrogens (primary N) is 2. The molecular formula is C30H24F4N2S. The van der Waals surface area contributed by atoms with E-state index in [9.17, 15) is 17.6 Å². The Labute approximate surface area is 217 Å². The summed E-state index contributed by atoms with van der Waals surface area (Å²) in [6.45, 7) is 0. The molecule has 0 spiro atoms. The molecule has 0 aliphatic rings. The zero-order valence-corrected chi connectivity index (χ0v) is 20.4. The van der Waals surface area contributed by atoms with Crippen molar-refractivity contribution in [3.63, 3.8) is 0 Å². The van der Waals surface area contributed by atoms with Crippen molar-refractivity contribution in [1.29, 1.82) is 0 Å². The quantitative estimate of drug-likeness (QED) is 0.181. The molecule has 2 unspecified atom stereocenters. The van der Waals surface area contributed by atoms with E-state index in [2.05, 4.69) is 0 Å². The average molecular weight is 521 g/mol. The van der Waals surface area contributed by atoms with E-state index in [4.69, 9.17) is 11.5 Å². The molecule has 4 N–H and O–H groups in total. The van der Waals surface area contributed by atoms with Crippen molar-refractivity contribution < 1.29 is 17.6 Å². The Kier molecular flexibility index (Phi) is 8.36. The van der Waals surface area contributed by atoms with Gasteiger partial charge in [-0.25, -0.2) is 17.6 Å². The second kappa shape index (κ2) is 11.8. The fourth-order valence-electron chi connectivity index (χ4n) is 3.80. The van der Waals surface area contributed by atoms with Crippen LogP contribution < -0.4 is 11.5 Å². The lowest BCUT2D eigenvalue weighted by molar-refractivity contribution is 0.581. The fourth-order valence-corrected chi connectivity index (χ4v) is 5.18. The van der Waals surface area contributed by atoms with E-state index in [1.165, 1.54) is 36.0 Å². The number of benzene rings is 4. The molecule has 7 heteroatoms. The van der Waals surface area contributed by atoms with Gasteiger partial charge in [0.15, 0.2) is 0 Å². The maximum atomic E-state index is 14.3. The molecule has 0 saturated carbocycles. The van der Waals surface area contributed by atoms with Gasteiger partial charge in [0.1, 0.15) is 23.3 Å². The van der Waals surface area contributed by atoms with Gasteiger partial charge in [-0.2, -0.15) is 0 Å². The molecule has 37 heavy (non-hydrogen) atoms. The van der Waals surface area contributed by atoms with Crippen LogP contribution >= 0.6 is 11.8 Å². The minimum Gasteiger partial charge on any atom is -0.398 e. The number of halogens is 4. The summed E-state index contributed by atoms with van der Waals surface area (Å²) in [6, 6.07) is 21.4. The van der Waals surface area contributed by atoms with Gasteiger partial charge in [-0.3, -0.25) is 0 Å². The van der Waals surface area contributed by atoms with Crippen molar-refractivity contribution in [3.05, 3.63) is 143 Å². The SMILES string of the molecule is Nc1ccccc1C(C=Cc1ccc(F)cc1F)SC(/C=C\c1ccc(F)cc1F)c1ccccc1N. The molecule has 2 atom stereocenters. The lowest BCUT2D eigenvalue weighted by atomic mass is 10.1. The highest BCUT2D eigenvalue weighted by molar-refractivity contribution is 8.00. The summed E-state index contributed by atoms with van der Waals surface area (Å²) in [5.41, 5.74) is 15.7. The van der Waals surface area contributed by atoms with Crippen molar-refractivity contribution in [1.82, 2.24) is 0 Å². The third-order valence-electron chi connectivity index (χ3n) is 5.72. The van der Waals surface area contributed by atoms with Crippen LogP contribution in [0.1, 0.15) is 32.8 Å². The molecule has 0 aromatic heterocycles. The van der Waals surface area contributed by atoms with Crippen LogP contribution in [0.15, 0.2) is 97.1 Å². The Morgan fingerprint density at radius 3 is 1.35 bits per heavy atom. The second-order valence-electron chi connectivity index (χ2n) is 8.29. The Morgan fingerprint density at radius 2 is 0.973 bits per heavy atom. The number of thioether (sulfide) groups is 1. The van der Waals surface area contributed by atoms with E-state index in [-0.39, 0.29) is 21.6 Å². The molecule has 0 bridgehead atoms. The van der Waals surface area contributed by atoms with Crippen LogP contribution in [-0.4, -0.2) is 0 Å². The summed E-state index contributed by atoms with van der Waals surface area (Å²) in [6.07, 6.45) is 6.72. The van der Waals surface area contributed by atoms with Crippen LogP contribution in [0, 0.1) is 23.3 Å². The van der Waals surface area contributed by atoms with Gasteiger partial charge in [0.25, 0.3) is 0 Å². The molecule has 4 rings (SSSR count). The molecule has 2 nitrogen and oxygen atoms in total. The summed E-state index contributed by atoms with van der Waals surface area (Å²) in [7, 11) is 0. The highest BCUT2D eigenvalue weighted by Crippen LogP contribution is 2.45. The van der Waals surface area contributed by atoms with Gasteiger partial charge in [-0.15, -0.1) is 11.8 Å². The molecule has 4 aromatic rings. The topological polar surface area (TPSA) is 52.0 Å². The predicted molar refractivity (Wildman–Crippen MR) is 146 cm³/mol. The van der Waals surface area contributed by atoms with Crippen LogP contribution in [0.5, 0.6) is 0 Å². The molecule has 0 amide bonds. The first kappa shape index (κ1) is 26.1. The van der Waals surface area contributed by atoms with Gasteiger partial charge in [0.2, 0.25) is 0 Å². The first-order valence-corrected chi connectivity index (χ1v) is 12.4. The van der Waals surface area contributed by atoms with Gasteiger partial charge in [0, 0.05) is 34.6 Å². The predicted octanol–water partition coefficient (Wildman–Crippen LogP) is 8.35. The van der Waals surface area contributed by atoms with Gasteiger partial charge in [-0.1, -0.05) is 60.7 Å². The summed E-state index contributed by atoms with van der Waals surface area (Å²) in [5, 5.41) is -0.754. The Balaban J connectivity index is 1.75. The monoisotopic (exact) mass is 520 g/mol. The van der Waals surface area contributed by atoms with E-state index >= 15 is 0 Å². The van der Waals surface area contributed by atoms with E-state index in [1.807, 2.05) is 36.4 Å².